The molecular weight excluding hydrogens is 330 g/mol. The van der Waals surface area contributed by atoms with E-state index in [0.717, 1.165) is 14.4 Å². The molecule has 0 aliphatic rings. The number of hydrogen-bond donors (Lipinski definition) is 1. The van der Waals surface area contributed by atoms with Crippen molar-refractivity contribution >= 4 is 39.3 Å². The van der Waals surface area contributed by atoms with E-state index in [0.29, 0.717) is 6.54 Å². The van der Waals surface area contributed by atoms with Crippen LogP contribution in [-0.2, 0) is 0 Å². The quantitative estimate of drug-likeness (QED) is 0.800. The molecule has 0 amide bonds. The molecule has 0 fully saturated rings. The normalized spacial score (nSPS) is 12.4. The van der Waals surface area contributed by atoms with Crippen LogP contribution in [0.5, 0.6) is 0 Å². The summed E-state index contributed by atoms with van der Waals surface area (Å²) in [4.78, 5) is 1.06. The zero-order chi connectivity index (χ0) is 13.0. The first-order valence-corrected chi connectivity index (χ1v) is 7.62. The van der Waals surface area contributed by atoms with Crippen LogP contribution in [0.2, 0.25) is 5.02 Å². The minimum absolute atomic E-state index is 0.211. The lowest BCUT2D eigenvalue weighted by molar-refractivity contribution is 0.940. The van der Waals surface area contributed by atoms with Gasteiger partial charge in [0.1, 0.15) is 0 Å². The zero-order valence-corrected chi connectivity index (χ0v) is 12.8. The number of benzene rings is 2. The highest BCUT2D eigenvalue weighted by atomic mass is 79.9. The van der Waals surface area contributed by atoms with E-state index in [9.17, 15) is 0 Å². The maximum absolute atomic E-state index is 6.17. The van der Waals surface area contributed by atoms with Gasteiger partial charge in [0.2, 0.25) is 0 Å². The Labute approximate surface area is 125 Å². The fraction of sp³-hybridized carbons (Fsp3) is 0.143. The second kappa shape index (κ2) is 6.62. The maximum atomic E-state index is 6.17. The Balaban J connectivity index is 2.23. The smallest absolute Gasteiger partial charge is 0.0542 e. The first-order valence-electron chi connectivity index (χ1n) is 5.57. The molecule has 0 saturated heterocycles. The summed E-state index contributed by atoms with van der Waals surface area (Å²) in [5.74, 6) is 0. The van der Waals surface area contributed by atoms with Crippen LogP contribution >= 0.6 is 39.3 Å². The molecular formula is C14H13BrClNS. The predicted octanol–water partition coefficient (Wildman–Crippen LogP) is 4.89. The van der Waals surface area contributed by atoms with E-state index >= 15 is 0 Å². The van der Waals surface area contributed by atoms with Crippen LogP contribution in [0.25, 0.3) is 0 Å². The number of nitrogens with two attached hydrogens (primary N) is 1. The highest BCUT2D eigenvalue weighted by Crippen LogP contribution is 2.38. The Bertz CT molecular complexity index is 533. The largest absolute Gasteiger partial charge is 0.329 e. The summed E-state index contributed by atoms with van der Waals surface area (Å²) in [5.41, 5.74) is 7.08. The second-order valence-corrected chi connectivity index (χ2v) is 6.40. The van der Waals surface area contributed by atoms with Crippen LogP contribution in [0.1, 0.15) is 10.8 Å². The van der Waals surface area contributed by atoms with Gasteiger partial charge in [-0.2, -0.15) is 0 Å². The highest BCUT2D eigenvalue weighted by molar-refractivity contribution is 9.10. The van der Waals surface area contributed by atoms with E-state index in [1.165, 1.54) is 5.56 Å². The summed E-state index contributed by atoms with van der Waals surface area (Å²) < 4.78 is 1.07. The first-order chi connectivity index (χ1) is 8.70. The van der Waals surface area contributed by atoms with Gasteiger partial charge < -0.3 is 5.73 Å². The third-order valence-electron chi connectivity index (χ3n) is 2.54. The molecule has 1 atom stereocenters. The van der Waals surface area contributed by atoms with Gasteiger partial charge >= 0.3 is 0 Å². The van der Waals surface area contributed by atoms with Gasteiger partial charge in [0, 0.05) is 21.2 Å². The Hall–Kier alpha value is -0.480. The SMILES string of the molecule is NCC(Sc1ccccc1Cl)c1cccc(Br)c1. The van der Waals surface area contributed by atoms with E-state index in [1.54, 1.807) is 11.8 Å². The molecule has 2 aromatic carbocycles. The Morgan fingerprint density at radius 3 is 2.61 bits per heavy atom. The van der Waals surface area contributed by atoms with E-state index in [-0.39, 0.29) is 5.25 Å². The third kappa shape index (κ3) is 3.51. The lowest BCUT2D eigenvalue weighted by atomic mass is 10.1. The number of hydrogen-bond acceptors (Lipinski definition) is 2. The van der Waals surface area contributed by atoms with Crippen molar-refractivity contribution in [2.75, 3.05) is 6.54 Å². The van der Waals surface area contributed by atoms with E-state index in [1.807, 2.05) is 36.4 Å². The van der Waals surface area contributed by atoms with Crippen molar-refractivity contribution in [1.29, 1.82) is 0 Å². The maximum Gasteiger partial charge on any atom is 0.0542 e. The van der Waals surface area contributed by atoms with Crippen molar-refractivity contribution in [1.82, 2.24) is 0 Å². The van der Waals surface area contributed by atoms with Gasteiger partial charge in [0.05, 0.1) is 5.02 Å². The molecule has 2 N–H and O–H groups in total. The second-order valence-electron chi connectivity index (χ2n) is 3.83. The van der Waals surface area contributed by atoms with E-state index in [2.05, 4.69) is 28.1 Å². The molecule has 4 heteroatoms. The molecule has 0 bridgehead atoms. The molecule has 1 unspecified atom stereocenters. The van der Waals surface area contributed by atoms with Gasteiger partial charge in [-0.3, -0.25) is 0 Å². The van der Waals surface area contributed by atoms with Crippen LogP contribution in [0.15, 0.2) is 57.9 Å². The molecule has 0 aliphatic heterocycles. The number of thioether (sulfide) groups is 1. The van der Waals surface area contributed by atoms with Crippen molar-refractivity contribution in [3.8, 4) is 0 Å². The van der Waals surface area contributed by atoms with Gasteiger partial charge in [0.25, 0.3) is 0 Å². The van der Waals surface area contributed by atoms with E-state index in [4.69, 9.17) is 17.3 Å². The minimum Gasteiger partial charge on any atom is -0.329 e. The van der Waals surface area contributed by atoms with Crippen LogP contribution in [-0.4, -0.2) is 6.54 Å². The summed E-state index contributed by atoms with van der Waals surface area (Å²) in [7, 11) is 0. The van der Waals surface area contributed by atoms with Crippen LogP contribution in [0, 0.1) is 0 Å². The molecule has 0 aromatic heterocycles. The van der Waals surface area contributed by atoms with Gasteiger partial charge in [-0.05, 0) is 29.8 Å². The monoisotopic (exact) mass is 341 g/mol. The van der Waals surface area contributed by atoms with Gasteiger partial charge in [0.15, 0.2) is 0 Å². The standard InChI is InChI=1S/C14H13BrClNS/c15-11-5-3-4-10(8-11)14(9-17)18-13-7-2-1-6-12(13)16/h1-8,14H,9,17H2. The third-order valence-corrected chi connectivity index (χ3v) is 4.83. The summed E-state index contributed by atoms with van der Waals surface area (Å²) >= 11 is 11.4. The molecule has 94 valence electrons. The fourth-order valence-corrected chi connectivity index (χ4v) is 3.36. The number of halogens is 2. The lowest BCUT2D eigenvalue weighted by Crippen LogP contribution is -2.09. The first kappa shape index (κ1) is 13.9. The highest BCUT2D eigenvalue weighted by Gasteiger charge is 2.13. The molecule has 0 spiro atoms. The fourth-order valence-electron chi connectivity index (χ4n) is 1.65. The van der Waals surface area contributed by atoms with Gasteiger partial charge in [-0.1, -0.05) is 51.8 Å². The Morgan fingerprint density at radius 1 is 1.17 bits per heavy atom. The van der Waals surface area contributed by atoms with E-state index < -0.39 is 0 Å². The van der Waals surface area contributed by atoms with Crippen molar-refractivity contribution in [2.45, 2.75) is 10.1 Å². The molecule has 0 saturated carbocycles. The summed E-state index contributed by atoms with van der Waals surface area (Å²) in [5, 5.41) is 0.985. The van der Waals surface area contributed by atoms with Crippen LogP contribution < -0.4 is 5.73 Å². The molecule has 0 radical (unpaired) electrons. The Morgan fingerprint density at radius 2 is 1.94 bits per heavy atom. The molecule has 2 rings (SSSR count). The summed E-state index contributed by atoms with van der Waals surface area (Å²) in [6.07, 6.45) is 0. The predicted molar refractivity (Wildman–Crippen MR) is 83.2 cm³/mol. The van der Waals surface area contributed by atoms with Crippen molar-refractivity contribution in [3.63, 3.8) is 0 Å². The molecule has 0 aliphatic carbocycles. The number of rotatable bonds is 4. The minimum atomic E-state index is 0.211. The van der Waals surface area contributed by atoms with Gasteiger partial charge in [-0.15, -0.1) is 11.8 Å². The van der Waals surface area contributed by atoms with Crippen LogP contribution in [0.3, 0.4) is 0 Å². The zero-order valence-electron chi connectivity index (χ0n) is 9.64. The average Bonchev–Trinajstić information content (AvgIpc) is 2.38. The van der Waals surface area contributed by atoms with Crippen molar-refractivity contribution in [3.05, 3.63) is 63.6 Å². The molecule has 1 nitrogen and oxygen atoms in total. The summed E-state index contributed by atoms with van der Waals surface area (Å²) in [6.45, 7) is 0.576. The lowest BCUT2D eigenvalue weighted by Gasteiger charge is -2.16. The van der Waals surface area contributed by atoms with Crippen molar-refractivity contribution < 1.29 is 0 Å². The topological polar surface area (TPSA) is 26.0 Å². The van der Waals surface area contributed by atoms with Gasteiger partial charge in [-0.25, -0.2) is 0 Å². The van der Waals surface area contributed by atoms with Crippen molar-refractivity contribution in [2.24, 2.45) is 5.73 Å². The average molecular weight is 343 g/mol. The molecule has 0 heterocycles. The van der Waals surface area contributed by atoms with Crippen LogP contribution in [0.4, 0.5) is 0 Å². The molecule has 18 heavy (non-hydrogen) atoms. The Kier molecular flexibility index (Phi) is 5.13. The summed E-state index contributed by atoms with van der Waals surface area (Å²) in [6, 6.07) is 16.1. The molecule has 2 aromatic rings.